The molecule has 3 aromatic carbocycles. The maximum absolute atomic E-state index is 12.7. The zero-order valence-corrected chi connectivity index (χ0v) is 20.1. The lowest BCUT2D eigenvalue weighted by molar-refractivity contribution is -0.118. The van der Waals surface area contributed by atoms with Gasteiger partial charge in [0.15, 0.2) is 0 Å². The van der Waals surface area contributed by atoms with Crippen molar-refractivity contribution in [1.29, 1.82) is 0 Å². The lowest BCUT2D eigenvalue weighted by Gasteiger charge is -2.44. The maximum Gasteiger partial charge on any atom is 0.336 e. The maximum atomic E-state index is 12.7. The summed E-state index contributed by atoms with van der Waals surface area (Å²) in [6, 6.07) is 24.4. The summed E-state index contributed by atoms with van der Waals surface area (Å²) in [5.74, 6) is 0.497. The van der Waals surface area contributed by atoms with Crippen molar-refractivity contribution >= 4 is 17.6 Å². The van der Waals surface area contributed by atoms with Crippen LogP contribution in [0.15, 0.2) is 78.9 Å². The lowest BCUT2D eigenvalue weighted by atomic mass is 10.0. The molecule has 0 aliphatic carbocycles. The van der Waals surface area contributed by atoms with Gasteiger partial charge in [-0.2, -0.15) is 0 Å². The smallest absolute Gasteiger partial charge is 0.336 e. The highest BCUT2D eigenvalue weighted by molar-refractivity contribution is 5.92. The van der Waals surface area contributed by atoms with Gasteiger partial charge in [0.25, 0.3) is 0 Å². The van der Waals surface area contributed by atoms with E-state index < -0.39 is 5.97 Å². The van der Waals surface area contributed by atoms with Gasteiger partial charge in [0.2, 0.25) is 5.91 Å². The monoisotopic (exact) mass is 473 g/mol. The molecule has 0 aromatic heterocycles. The van der Waals surface area contributed by atoms with Crippen molar-refractivity contribution in [1.82, 2.24) is 9.80 Å². The number of benzene rings is 3. The Balaban J connectivity index is 1.29. The molecule has 1 amide bonds. The van der Waals surface area contributed by atoms with Crippen LogP contribution < -0.4 is 10.1 Å². The second kappa shape index (κ2) is 11.2. The molecular weight excluding hydrogens is 442 g/mol. The second-order valence-electron chi connectivity index (χ2n) is 9.01. The zero-order chi connectivity index (χ0) is 24.8. The molecule has 7 nitrogen and oxygen atoms in total. The van der Waals surface area contributed by atoms with E-state index in [-0.39, 0.29) is 18.0 Å². The van der Waals surface area contributed by atoms with Gasteiger partial charge in [0.1, 0.15) is 11.5 Å². The van der Waals surface area contributed by atoms with Crippen molar-refractivity contribution in [3.05, 3.63) is 90.0 Å². The van der Waals surface area contributed by atoms with Gasteiger partial charge in [-0.3, -0.25) is 14.6 Å². The number of para-hydroxylation sites is 1. The number of ether oxygens (including phenoxy) is 1. The molecule has 3 aromatic rings. The largest absolute Gasteiger partial charge is 0.478 e. The summed E-state index contributed by atoms with van der Waals surface area (Å²) < 4.78 is 5.80. The fraction of sp³-hybridized carbons (Fsp3) is 0.286. The first-order valence-corrected chi connectivity index (χ1v) is 11.8. The predicted octanol–water partition coefficient (Wildman–Crippen LogP) is 4.71. The Labute approximate surface area is 205 Å². The van der Waals surface area contributed by atoms with E-state index in [0.29, 0.717) is 24.4 Å². The van der Waals surface area contributed by atoms with Crippen LogP contribution in [0.4, 0.5) is 5.69 Å². The number of piperazine rings is 1. The van der Waals surface area contributed by atoms with Crippen LogP contribution in [0.25, 0.3) is 0 Å². The van der Waals surface area contributed by atoms with Crippen molar-refractivity contribution in [2.24, 2.45) is 0 Å². The topological polar surface area (TPSA) is 82.1 Å². The Morgan fingerprint density at radius 2 is 1.49 bits per heavy atom. The molecule has 35 heavy (non-hydrogen) atoms. The second-order valence-corrected chi connectivity index (χ2v) is 9.01. The highest BCUT2D eigenvalue weighted by Crippen LogP contribution is 2.23. The Morgan fingerprint density at radius 1 is 0.886 bits per heavy atom. The van der Waals surface area contributed by atoms with Crippen LogP contribution >= 0.6 is 0 Å². The molecule has 2 unspecified atom stereocenters. The summed E-state index contributed by atoms with van der Waals surface area (Å²) in [7, 11) is 0. The molecule has 4 rings (SSSR count). The number of nitrogens with zero attached hydrogens (tertiary/aromatic N) is 2. The lowest BCUT2D eigenvalue weighted by Crippen LogP contribution is -2.57. The molecule has 0 saturated carbocycles. The van der Waals surface area contributed by atoms with Crippen LogP contribution in [0.1, 0.15) is 29.8 Å². The first-order valence-electron chi connectivity index (χ1n) is 11.8. The summed E-state index contributed by atoms with van der Waals surface area (Å²) in [4.78, 5) is 28.7. The number of anilines is 1. The van der Waals surface area contributed by atoms with E-state index in [0.717, 1.165) is 30.1 Å². The van der Waals surface area contributed by atoms with Crippen LogP contribution in [0.5, 0.6) is 11.5 Å². The van der Waals surface area contributed by atoms with E-state index >= 15 is 0 Å². The molecule has 2 N–H and O–H groups in total. The van der Waals surface area contributed by atoms with Crippen LogP contribution in [-0.4, -0.2) is 58.5 Å². The number of carboxylic acids is 1. The summed E-state index contributed by atoms with van der Waals surface area (Å²) in [6.45, 7) is 6.58. The van der Waals surface area contributed by atoms with Crippen LogP contribution in [0.3, 0.4) is 0 Å². The molecule has 0 spiro atoms. The predicted molar refractivity (Wildman–Crippen MR) is 136 cm³/mol. The molecule has 1 aliphatic heterocycles. The molecule has 1 saturated heterocycles. The van der Waals surface area contributed by atoms with Crippen molar-refractivity contribution in [2.75, 3.05) is 25.0 Å². The van der Waals surface area contributed by atoms with Gasteiger partial charge < -0.3 is 15.2 Å². The van der Waals surface area contributed by atoms with Gasteiger partial charge in [-0.25, -0.2) is 4.79 Å². The van der Waals surface area contributed by atoms with Gasteiger partial charge >= 0.3 is 5.97 Å². The number of hydrogen-bond donors (Lipinski definition) is 2. The summed E-state index contributed by atoms with van der Waals surface area (Å²) >= 11 is 0. The van der Waals surface area contributed by atoms with E-state index in [4.69, 9.17) is 4.74 Å². The molecule has 1 fully saturated rings. The highest BCUT2D eigenvalue weighted by atomic mass is 16.5. The van der Waals surface area contributed by atoms with E-state index in [2.05, 4.69) is 29.0 Å². The summed E-state index contributed by atoms with van der Waals surface area (Å²) in [5.41, 5.74) is 1.87. The molecule has 1 aliphatic rings. The minimum Gasteiger partial charge on any atom is -0.478 e. The fourth-order valence-electron chi connectivity index (χ4n) is 4.60. The van der Waals surface area contributed by atoms with E-state index in [1.165, 1.54) is 0 Å². The SMILES string of the molecule is CC1CN(CC(=O)Nc2ccc(Oc3ccccc3)cc2)CC(C)N1Cc1ccccc1C(=O)O. The van der Waals surface area contributed by atoms with Gasteiger partial charge in [0.05, 0.1) is 12.1 Å². The number of hydrogen-bond acceptors (Lipinski definition) is 5. The number of carbonyl (C=O) groups excluding carboxylic acids is 1. The molecule has 1 heterocycles. The Bertz CT molecular complexity index is 1140. The first kappa shape index (κ1) is 24.4. The third-order valence-corrected chi connectivity index (χ3v) is 6.26. The molecule has 0 radical (unpaired) electrons. The summed E-state index contributed by atoms with van der Waals surface area (Å²) in [6.07, 6.45) is 0. The third-order valence-electron chi connectivity index (χ3n) is 6.26. The van der Waals surface area contributed by atoms with Crippen molar-refractivity contribution < 1.29 is 19.4 Å². The normalized spacial score (nSPS) is 18.7. The number of aromatic carboxylic acids is 1. The summed E-state index contributed by atoms with van der Waals surface area (Å²) in [5, 5.41) is 12.5. The average molecular weight is 474 g/mol. The number of rotatable bonds is 8. The standard InChI is InChI=1S/C28H31N3O4/c1-20-16-30(17-21(2)31(20)18-22-8-6-7-11-26(22)28(33)34)19-27(32)29-23-12-14-25(15-13-23)35-24-9-4-3-5-10-24/h3-15,20-21H,16-19H2,1-2H3,(H,29,32)(H,33,34). The minimum atomic E-state index is -0.907. The van der Waals surface area contributed by atoms with Crippen LogP contribution in [0, 0.1) is 0 Å². The molecular formula is C28H31N3O4. The minimum absolute atomic E-state index is 0.0641. The molecule has 0 bridgehead atoms. The molecule has 2 atom stereocenters. The Kier molecular flexibility index (Phi) is 7.80. The van der Waals surface area contributed by atoms with Gasteiger partial charge in [0, 0.05) is 37.4 Å². The quantitative estimate of drug-likeness (QED) is 0.493. The molecule has 182 valence electrons. The van der Waals surface area contributed by atoms with Crippen LogP contribution in [0.2, 0.25) is 0 Å². The van der Waals surface area contributed by atoms with Crippen molar-refractivity contribution in [2.45, 2.75) is 32.5 Å². The average Bonchev–Trinajstić information content (AvgIpc) is 2.83. The number of carboxylic acid groups (broad SMARTS) is 1. The number of amides is 1. The first-order chi connectivity index (χ1) is 16.9. The third kappa shape index (κ3) is 6.47. The van der Waals surface area contributed by atoms with Crippen LogP contribution in [-0.2, 0) is 11.3 Å². The van der Waals surface area contributed by atoms with Crippen molar-refractivity contribution in [3.63, 3.8) is 0 Å². The van der Waals surface area contributed by atoms with Gasteiger partial charge in [-0.1, -0.05) is 36.4 Å². The van der Waals surface area contributed by atoms with Gasteiger partial charge in [-0.05, 0) is 61.9 Å². The molecule has 7 heteroatoms. The van der Waals surface area contributed by atoms with E-state index in [1.54, 1.807) is 12.1 Å². The van der Waals surface area contributed by atoms with E-state index in [9.17, 15) is 14.7 Å². The van der Waals surface area contributed by atoms with Gasteiger partial charge in [-0.15, -0.1) is 0 Å². The zero-order valence-electron chi connectivity index (χ0n) is 20.1. The van der Waals surface area contributed by atoms with Crippen molar-refractivity contribution in [3.8, 4) is 11.5 Å². The highest BCUT2D eigenvalue weighted by Gasteiger charge is 2.31. The number of carbonyl (C=O) groups is 2. The Hall–Kier alpha value is -3.68. The number of nitrogens with one attached hydrogen (secondary N) is 1. The Morgan fingerprint density at radius 3 is 2.14 bits per heavy atom. The van der Waals surface area contributed by atoms with E-state index in [1.807, 2.05) is 66.7 Å². The fourth-order valence-corrected chi connectivity index (χ4v) is 4.60.